The van der Waals surface area contributed by atoms with Crippen LogP contribution in [0.25, 0.3) is 0 Å². The second kappa shape index (κ2) is 9.90. The number of guanidine groups is 1. The van der Waals surface area contributed by atoms with Crippen LogP contribution in [0, 0.1) is 0 Å². The third-order valence-electron chi connectivity index (χ3n) is 4.45. The van der Waals surface area contributed by atoms with Crippen molar-refractivity contribution in [2.45, 2.75) is 11.8 Å². The first-order chi connectivity index (χ1) is 13.6. The second-order valence-electron chi connectivity index (χ2n) is 6.37. The van der Waals surface area contributed by atoms with E-state index in [1.165, 1.54) is 5.00 Å². The van der Waals surface area contributed by atoms with E-state index in [1.807, 2.05) is 6.92 Å². The largest absolute Gasteiger partial charge is 0.360 e. The molecule has 0 spiro atoms. The van der Waals surface area contributed by atoms with Gasteiger partial charge in [0, 0.05) is 39.3 Å². The van der Waals surface area contributed by atoms with E-state index in [0.717, 1.165) is 38.7 Å². The molecule has 2 aromatic rings. The molecule has 9 heteroatoms. The molecule has 1 aromatic heterocycles. The molecular formula is C19H27N5O2S2. The first-order valence-corrected chi connectivity index (χ1v) is 11.8. The maximum absolute atomic E-state index is 12.3. The zero-order valence-electron chi connectivity index (χ0n) is 16.0. The molecule has 2 N–H and O–H groups in total. The predicted octanol–water partition coefficient (Wildman–Crippen LogP) is 1.81. The third kappa shape index (κ3) is 5.46. The molecule has 1 aromatic carbocycles. The zero-order chi connectivity index (χ0) is 19.8. The number of benzene rings is 1. The van der Waals surface area contributed by atoms with Crippen LogP contribution in [0.15, 0.2) is 57.7 Å². The van der Waals surface area contributed by atoms with Gasteiger partial charge in [-0.3, -0.25) is 4.99 Å². The van der Waals surface area contributed by atoms with E-state index < -0.39 is 10.0 Å². The highest BCUT2D eigenvalue weighted by atomic mass is 32.2. The molecule has 28 heavy (non-hydrogen) atoms. The summed E-state index contributed by atoms with van der Waals surface area (Å²) in [4.78, 5) is 9.51. The number of thiophene rings is 1. The number of hydrogen-bond donors (Lipinski definition) is 2. The zero-order valence-corrected chi connectivity index (χ0v) is 17.7. The molecule has 7 nitrogen and oxygen atoms in total. The Hall–Kier alpha value is -2.10. The summed E-state index contributed by atoms with van der Waals surface area (Å²) in [6.07, 6.45) is 0. The van der Waals surface area contributed by atoms with E-state index in [1.54, 1.807) is 41.7 Å². The summed E-state index contributed by atoms with van der Waals surface area (Å²) in [7, 11) is -3.49. The monoisotopic (exact) mass is 421 g/mol. The van der Waals surface area contributed by atoms with Gasteiger partial charge in [0.1, 0.15) is 0 Å². The van der Waals surface area contributed by atoms with E-state index in [2.05, 4.69) is 42.3 Å². The SMILES string of the molecule is CCNC(=NCCNS(=O)(=O)c1ccccc1)N1CCN(c2cccs2)CC1. The minimum absolute atomic E-state index is 0.265. The summed E-state index contributed by atoms with van der Waals surface area (Å²) in [6.45, 7) is 7.14. The van der Waals surface area contributed by atoms with Gasteiger partial charge in [0.2, 0.25) is 10.0 Å². The highest BCUT2D eigenvalue weighted by Gasteiger charge is 2.20. The lowest BCUT2D eigenvalue weighted by Crippen LogP contribution is -2.52. The molecule has 3 rings (SSSR count). The molecular weight excluding hydrogens is 394 g/mol. The van der Waals surface area contributed by atoms with Gasteiger partial charge in [0.05, 0.1) is 16.4 Å². The summed E-state index contributed by atoms with van der Waals surface area (Å²) < 4.78 is 27.1. The third-order valence-corrected chi connectivity index (χ3v) is 6.86. The molecule has 0 unspecified atom stereocenters. The van der Waals surface area contributed by atoms with Crippen LogP contribution in [0.4, 0.5) is 5.00 Å². The Labute approximate surface area is 171 Å². The van der Waals surface area contributed by atoms with Gasteiger partial charge in [-0.05, 0) is 36.6 Å². The van der Waals surface area contributed by atoms with Crippen LogP contribution in [0.5, 0.6) is 0 Å². The van der Waals surface area contributed by atoms with Crippen LogP contribution in [-0.2, 0) is 10.0 Å². The molecule has 0 aliphatic carbocycles. The fourth-order valence-corrected chi connectivity index (χ4v) is 4.87. The van der Waals surface area contributed by atoms with Crippen molar-refractivity contribution in [1.82, 2.24) is 14.9 Å². The van der Waals surface area contributed by atoms with Crippen molar-refractivity contribution in [3.63, 3.8) is 0 Å². The van der Waals surface area contributed by atoms with Crippen molar-refractivity contribution >= 4 is 32.3 Å². The van der Waals surface area contributed by atoms with Gasteiger partial charge in [-0.15, -0.1) is 11.3 Å². The van der Waals surface area contributed by atoms with Crippen molar-refractivity contribution < 1.29 is 8.42 Å². The number of nitrogens with one attached hydrogen (secondary N) is 2. The number of sulfonamides is 1. The Kier molecular flexibility index (Phi) is 7.30. The standard InChI is InChI=1S/C19H27N5O2S2/c1-2-20-19(24-14-12-23(13-15-24)18-9-6-16-27-18)21-10-11-22-28(25,26)17-7-4-3-5-8-17/h3-9,16,22H,2,10-15H2,1H3,(H,20,21). The van der Waals surface area contributed by atoms with Crippen LogP contribution in [0.1, 0.15) is 6.92 Å². The van der Waals surface area contributed by atoms with Crippen LogP contribution >= 0.6 is 11.3 Å². The maximum Gasteiger partial charge on any atom is 0.240 e. The lowest BCUT2D eigenvalue weighted by molar-refractivity contribution is 0.373. The highest BCUT2D eigenvalue weighted by molar-refractivity contribution is 7.89. The molecule has 1 aliphatic heterocycles. The number of piperazine rings is 1. The molecule has 0 radical (unpaired) electrons. The van der Waals surface area contributed by atoms with Crippen molar-refractivity contribution in [2.24, 2.45) is 4.99 Å². The van der Waals surface area contributed by atoms with Gasteiger partial charge in [-0.25, -0.2) is 13.1 Å². The molecule has 1 saturated heterocycles. The molecule has 0 bridgehead atoms. The van der Waals surface area contributed by atoms with Crippen LogP contribution < -0.4 is 14.9 Å². The first-order valence-electron chi connectivity index (χ1n) is 9.46. The second-order valence-corrected chi connectivity index (χ2v) is 9.06. The van der Waals surface area contributed by atoms with Gasteiger partial charge in [-0.1, -0.05) is 18.2 Å². The normalized spacial score (nSPS) is 15.7. The number of nitrogens with zero attached hydrogens (tertiary/aromatic N) is 3. The van der Waals surface area contributed by atoms with Gasteiger partial charge >= 0.3 is 0 Å². The highest BCUT2D eigenvalue weighted by Crippen LogP contribution is 2.22. The number of rotatable bonds is 7. The van der Waals surface area contributed by atoms with Gasteiger partial charge in [-0.2, -0.15) is 0 Å². The molecule has 0 saturated carbocycles. The van der Waals surface area contributed by atoms with E-state index in [0.29, 0.717) is 6.54 Å². The average molecular weight is 422 g/mol. The van der Waals surface area contributed by atoms with Gasteiger partial charge in [0.15, 0.2) is 5.96 Å². The molecule has 1 fully saturated rings. The number of hydrogen-bond acceptors (Lipinski definition) is 5. The number of anilines is 1. The molecule has 2 heterocycles. The summed E-state index contributed by atoms with van der Waals surface area (Å²) in [5.74, 6) is 0.840. The minimum Gasteiger partial charge on any atom is -0.360 e. The van der Waals surface area contributed by atoms with Crippen LogP contribution in [-0.4, -0.2) is 65.1 Å². The summed E-state index contributed by atoms with van der Waals surface area (Å²) in [5.41, 5.74) is 0. The summed E-state index contributed by atoms with van der Waals surface area (Å²) in [5, 5.41) is 6.72. The summed E-state index contributed by atoms with van der Waals surface area (Å²) in [6, 6.07) is 12.6. The molecule has 1 aliphatic rings. The average Bonchev–Trinajstić information content (AvgIpc) is 3.26. The molecule has 152 valence electrons. The Morgan fingerprint density at radius 2 is 1.86 bits per heavy atom. The minimum atomic E-state index is -3.49. The maximum atomic E-state index is 12.3. The Balaban J connectivity index is 1.52. The fraction of sp³-hybridized carbons (Fsp3) is 0.421. The number of aliphatic imine (C=N–C) groups is 1. The van der Waals surface area contributed by atoms with Gasteiger partial charge in [0.25, 0.3) is 0 Å². The van der Waals surface area contributed by atoms with E-state index in [-0.39, 0.29) is 11.4 Å². The van der Waals surface area contributed by atoms with Crippen LogP contribution in [0.3, 0.4) is 0 Å². The summed E-state index contributed by atoms with van der Waals surface area (Å²) >= 11 is 1.76. The van der Waals surface area contributed by atoms with E-state index >= 15 is 0 Å². The molecule has 0 amide bonds. The van der Waals surface area contributed by atoms with Crippen LogP contribution in [0.2, 0.25) is 0 Å². The van der Waals surface area contributed by atoms with Crippen molar-refractivity contribution in [1.29, 1.82) is 0 Å². The van der Waals surface area contributed by atoms with Crippen molar-refractivity contribution in [3.05, 3.63) is 47.8 Å². The van der Waals surface area contributed by atoms with Gasteiger partial charge < -0.3 is 15.1 Å². The van der Waals surface area contributed by atoms with E-state index in [4.69, 9.17) is 0 Å². The topological polar surface area (TPSA) is 77.0 Å². The van der Waals surface area contributed by atoms with Crippen molar-refractivity contribution in [2.75, 3.05) is 50.7 Å². The first kappa shape index (κ1) is 20.6. The smallest absolute Gasteiger partial charge is 0.240 e. The predicted molar refractivity (Wildman–Crippen MR) is 116 cm³/mol. The Bertz CT molecular complexity index is 846. The fourth-order valence-electron chi connectivity index (χ4n) is 3.04. The lowest BCUT2D eigenvalue weighted by Gasteiger charge is -2.37. The lowest BCUT2D eigenvalue weighted by atomic mass is 10.3. The van der Waals surface area contributed by atoms with E-state index in [9.17, 15) is 8.42 Å². The molecule has 0 atom stereocenters. The Morgan fingerprint density at radius 3 is 2.50 bits per heavy atom. The quantitative estimate of drug-likeness (QED) is 0.405. The Morgan fingerprint density at radius 1 is 1.11 bits per heavy atom. The van der Waals surface area contributed by atoms with Crippen molar-refractivity contribution in [3.8, 4) is 0 Å².